The Bertz CT molecular complexity index is 654. The lowest BCUT2D eigenvalue weighted by molar-refractivity contribution is -0.121. The van der Waals surface area contributed by atoms with Gasteiger partial charge in [-0.2, -0.15) is 0 Å². The molecule has 1 unspecified atom stereocenters. The summed E-state index contributed by atoms with van der Waals surface area (Å²) in [7, 11) is 0. The van der Waals surface area contributed by atoms with Crippen LogP contribution in [0.15, 0.2) is 29.6 Å². The van der Waals surface area contributed by atoms with E-state index in [4.69, 9.17) is 0 Å². The maximum Gasteiger partial charge on any atom is 0.227 e. The van der Waals surface area contributed by atoms with E-state index < -0.39 is 0 Å². The average Bonchev–Trinajstić information content (AvgIpc) is 2.84. The third kappa shape index (κ3) is 3.66. The number of amides is 1. The van der Waals surface area contributed by atoms with E-state index in [1.165, 1.54) is 0 Å². The normalized spacial score (nSPS) is 15.5. The summed E-state index contributed by atoms with van der Waals surface area (Å²) in [6.45, 7) is 5.86. The number of rotatable bonds is 4. The molecule has 6 heteroatoms. The van der Waals surface area contributed by atoms with Crippen molar-refractivity contribution in [2.45, 2.75) is 13.8 Å². The van der Waals surface area contributed by atoms with Crippen LogP contribution in [0.4, 0.5) is 5.69 Å². The van der Waals surface area contributed by atoms with Crippen LogP contribution in [0.3, 0.4) is 0 Å². The van der Waals surface area contributed by atoms with Gasteiger partial charge in [-0.3, -0.25) is 4.79 Å². The molecule has 22 heavy (non-hydrogen) atoms. The molecule has 1 aliphatic heterocycles. The van der Waals surface area contributed by atoms with Crippen LogP contribution in [0.25, 0.3) is 10.6 Å². The molecule has 118 valence electrons. The van der Waals surface area contributed by atoms with Gasteiger partial charge in [-0.05, 0) is 38.1 Å². The van der Waals surface area contributed by atoms with Crippen molar-refractivity contribution in [3.8, 4) is 10.6 Å². The van der Waals surface area contributed by atoms with Crippen LogP contribution in [-0.4, -0.2) is 24.0 Å². The van der Waals surface area contributed by atoms with E-state index in [2.05, 4.69) is 15.6 Å². The molecule has 1 amide bonds. The lowest BCUT2D eigenvalue weighted by Gasteiger charge is -2.31. The highest BCUT2D eigenvalue weighted by atomic mass is 35.5. The largest absolute Gasteiger partial charge is 0.326 e. The first kappa shape index (κ1) is 16.9. The predicted octanol–water partition coefficient (Wildman–Crippen LogP) is 3.33. The molecular formula is C16H20ClN3OS. The van der Waals surface area contributed by atoms with E-state index in [-0.39, 0.29) is 24.2 Å². The first-order valence-electron chi connectivity index (χ1n) is 7.17. The number of anilines is 1. The molecule has 0 bridgehead atoms. The van der Waals surface area contributed by atoms with Gasteiger partial charge in [0, 0.05) is 28.2 Å². The smallest absolute Gasteiger partial charge is 0.227 e. The second-order valence-corrected chi connectivity index (χ2v) is 6.43. The van der Waals surface area contributed by atoms with Gasteiger partial charge in [-0.25, -0.2) is 4.98 Å². The Labute approximate surface area is 140 Å². The van der Waals surface area contributed by atoms with Crippen LogP contribution < -0.4 is 10.6 Å². The molecule has 0 aliphatic carbocycles. The molecule has 2 aromatic rings. The summed E-state index contributed by atoms with van der Waals surface area (Å²) < 4.78 is 0. The zero-order chi connectivity index (χ0) is 14.8. The van der Waals surface area contributed by atoms with Gasteiger partial charge in [0.15, 0.2) is 0 Å². The van der Waals surface area contributed by atoms with E-state index in [1.54, 1.807) is 11.3 Å². The van der Waals surface area contributed by atoms with E-state index >= 15 is 0 Å². The molecule has 1 fully saturated rings. The third-order valence-electron chi connectivity index (χ3n) is 3.93. The van der Waals surface area contributed by atoms with Crippen molar-refractivity contribution in [1.29, 1.82) is 0 Å². The van der Waals surface area contributed by atoms with Gasteiger partial charge in [0.05, 0.1) is 0 Å². The number of nitrogens with one attached hydrogen (secondary N) is 2. The Kier molecular flexibility index (Phi) is 5.56. The van der Waals surface area contributed by atoms with E-state index in [9.17, 15) is 4.79 Å². The van der Waals surface area contributed by atoms with Gasteiger partial charge in [0.2, 0.25) is 5.91 Å². The van der Waals surface area contributed by atoms with Gasteiger partial charge in [-0.1, -0.05) is 19.1 Å². The minimum atomic E-state index is 0. The molecule has 0 spiro atoms. The summed E-state index contributed by atoms with van der Waals surface area (Å²) in [5.41, 5.74) is 2.91. The van der Waals surface area contributed by atoms with Crippen LogP contribution in [0, 0.1) is 18.8 Å². The zero-order valence-electron chi connectivity index (χ0n) is 12.6. The minimum Gasteiger partial charge on any atom is -0.326 e. The second kappa shape index (κ2) is 7.22. The van der Waals surface area contributed by atoms with Crippen LogP contribution in [0.2, 0.25) is 0 Å². The maximum absolute atomic E-state index is 12.2. The molecular weight excluding hydrogens is 318 g/mol. The van der Waals surface area contributed by atoms with Crippen molar-refractivity contribution < 1.29 is 4.79 Å². The highest BCUT2D eigenvalue weighted by Crippen LogP contribution is 2.26. The van der Waals surface area contributed by atoms with Gasteiger partial charge in [0.25, 0.3) is 0 Å². The highest BCUT2D eigenvalue weighted by Gasteiger charge is 2.28. The van der Waals surface area contributed by atoms with E-state index in [1.807, 2.05) is 43.5 Å². The highest BCUT2D eigenvalue weighted by molar-refractivity contribution is 7.13. The Morgan fingerprint density at radius 3 is 2.82 bits per heavy atom. The van der Waals surface area contributed by atoms with Crippen molar-refractivity contribution in [3.63, 3.8) is 0 Å². The molecule has 3 rings (SSSR count). The Morgan fingerprint density at radius 1 is 1.45 bits per heavy atom. The van der Waals surface area contributed by atoms with Gasteiger partial charge in [0.1, 0.15) is 5.01 Å². The number of aryl methyl sites for hydroxylation is 1. The number of benzene rings is 1. The molecule has 1 aromatic heterocycles. The number of thiazole rings is 1. The number of hydrogen-bond acceptors (Lipinski definition) is 4. The first-order valence-corrected chi connectivity index (χ1v) is 8.05. The molecule has 2 heterocycles. The van der Waals surface area contributed by atoms with Crippen LogP contribution in [0.1, 0.15) is 12.6 Å². The van der Waals surface area contributed by atoms with Crippen LogP contribution in [-0.2, 0) is 4.79 Å². The van der Waals surface area contributed by atoms with Crippen molar-refractivity contribution >= 4 is 35.3 Å². The van der Waals surface area contributed by atoms with Crippen molar-refractivity contribution in [1.82, 2.24) is 10.3 Å². The summed E-state index contributed by atoms with van der Waals surface area (Å²) in [5, 5.41) is 9.24. The Hall–Kier alpha value is -1.43. The third-order valence-corrected chi connectivity index (χ3v) is 4.94. The number of halogens is 1. The fourth-order valence-electron chi connectivity index (χ4n) is 2.35. The second-order valence-electron chi connectivity index (χ2n) is 5.57. The summed E-state index contributed by atoms with van der Waals surface area (Å²) in [6, 6.07) is 7.89. The quantitative estimate of drug-likeness (QED) is 0.899. The Balaban J connectivity index is 0.00000176. The molecule has 1 saturated heterocycles. The number of hydrogen-bond donors (Lipinski definition) is 2. The topological polar surface area (TPSA) is 54.0 Å². The van der Waals surface area contributed by atoms with Crippen molar-refractivity contribution in [3.05, 3.63) is 35.3 Å². The lowest BCUT2D eigenvalue weighted by Crippen LogP contribution is -2.48. The number of aromatic nitrogens is 1. The van der Waals surface area contributed by atoms with Crippen molar-refractivity contribution in [2.24, 2.45) is 11.8 Å². The summed E-state index contributed by atoms with van der Waals surface area (Å²) in [5.74, 6) is 0.584. The number of carbonyl (C=O) groups is 1. The van der Waals surface area contributed by atoms with Gasteiger partial charge >= 0.3 is 0 Å². The maximum atomic E-state index is 12.2. The zero-order valence-corrected chi connectivity index (χ0v) is 14.3. The van der Waals surface area contributed by atoms with Crippen molar-refractivity contribution in [2.75, 3.05) is 18.4 Å². The first-order chi connectivity index (χ1) is 10.1. The molecule has 1 atom stereocenters. The summed E-state index contributed by atoms with van der Waals surface area (Å²) in [6.07, 6.45) is 0. The fourth-order valence-corrected chi connectivity index (χ4v) is 3.15. The fraction of sp³-hybridized carbons (Fsp3) is 0.375. The summed E-state index contributed by atoms with van der Waals surface area (Å²) in [4.78, 5) is 16.7. The van der Waals surface area contributed by atoms with E-state index in [0.717, 1.165) is 35.0 Å². The molecule has 4 nitrogen and oxygen atoms in total. The monoisotopic (exact) mass is 337 g/mol. The average molecular weight is 338 g/mol. The number of nitrogens with zero attached hydrogens (tertiary/aromatic N) is 1. The molecule has 0 saturated carbocycles. The molecule has 2 N–H and O–H groups in total. The van der Waals surface area contributed by atoms with Crippen LogP contribution in [0.5, 0.6) is 0 Å². The minimum absolute atomic E-state index is 0. The molecule has 0 radical (unpaired) electrons. The van der Waals surface area contributed by atoms with Gasteiger partial charge < -0.3 is 10.6 Å². The van der Waals surface area contributed by atoms with E-state index in [0.29, 0.717) is 5.92 Å². The summed E-state index contributed by atoms with van der Waals surface area (Å²) >= 11 is 1.62. The predicted molar refractivity (Wildman–Crippen MR) is 93.7 cm³/mol. The molecule has 1 aromatic carbocycles. The molecule has 1 aliphatic rings. The number of carbonyl (C=O) groups excluding carboxylic acids is 1. The Morgan fingerprint density at radius 2 is 2.23 bits per heavy atom. The lowest BCUT2D eigenvalue weighted by atomic mass is 9.88. The standard InChI is InChI=1S/C16H19N3OS.ClH/c1-10-9-21-16(18-10)12-4-3-5-14(6-12)19-15(20)11(2)13-7-17-8-13;/h3-6,9,11,13,17H,7-8H2,1-2H3,(H,19,20);1H. The van der Waals surface area contributed by atoms with Gasteiger partial charge in [-0.15, -0.1) is 23.7 Å². The van der Waals surface area contributed by atoms with Crippen LogP contribution >= 0.6 is 23.7 Å². The SMILES string of the molecule is Cc1csc(-c2cccc(NC(=O)C(C)C3CNC3)c2)n1.Cl.